The highest BCUT2D eigenvalue weighted by Crippen LogP contribution is 2.30. The van der Waals surface area contributed by atoms with Crippen LogP contribution in [0.3, 0.4) is 0 Å². The first-order valence-corrected chi connectivity index (χ1v) is 9.18. The summed E-state index contributed by atoms with van der Waals surface area (Å²) in [4.78, 5) is 18.8. The highest BCUT2D eigenvalue weighted by Gasteiger charge is 2.12. The van der Waals surface area contributed by atoms with Crippen LogP contribution < -0.4 is 15.4 Å². The number of methoxy groups -OCH3 is 1. The Bertz CT molecular complexity index is 781. The average molecular weight is 391 g/mol. The van der Waals surface area contributed by atoms with Crippen LogP contribution in [0.15, 0.2) is 36.5 Å². The zero-order valence-corrected chi connectivity index (χ0v) is 16.0. The molecule has 2 heterocycles. The second-order valence-corrected chi connectivity index (χ2v) is 6.55. The number of ether oxygens (including phenoxy) is 2. The molecule has 0 bridgehead atoms. The minimum atomic E-state index is -0.204. The van der Waals surface area contributed by atoms with Crippen molar-refractivity contribution in [2.24, 2.45) is 0 Å². The Morgan fingerprint density at radius 2 is 2.11 bits per heavy atom. The standard InChI is InChI=1S/C19H23ClN4O3/c1-26-18-3-2-14(20)12-16(18)23-15-4-5-21-17(13-15)19(25)22-6-7-24-8-10-27-11-9-24/h2-5,12-13H,6-11H2,1H3,(H,21,23)(H,22,25). The van der Waals surface area contributed by atoms with Gasteiger partial charge in [0, 0.05) is 43.1 Å². The van der Waals surface area contributed by atoms with E-state index in [9.17, 15) is 4.79 Å². The van der Waals surface area contributed by atoms with Gasteiger partial charge in [-0.05, 0) is 30.3 Å². The van der Waals surface area contributed by atoms with E-state index in [4.69, 9.17) is 21.1 Å². The maximum Gasteiger partial charge on any atom is 0.269 e. The molecule has 0 spiro atoms. The number of pyridine rings is 1. The van der Waals surface area contributed by atoms with Gasteiger partial charge >= 0.3 is 0 Å². The van der Waals surface area contributed by atoms with Crippen LogP contribution >= 0.6 is 11.6 Å². The summed E-state index contributed by atoms with van der Waals surface area (Å²) in [5.41, 5.74) is 1.79. The first-order valence-electron chi connectivity index (χ1n) is 8.80. The third-order valence-electron chi connectivity index (χ3n) is 4.25. The first kappa shape index (κ1) is 19.4. The number of anilines is 2. The summed E-state index contributed by atoms with van der Waals surface area (Å²) >= 11 is 6.06. The molecule has 1 amide bonds. The molecule has 1 aromatic carbocycles. The Morgan fingerprint density at radius 3 is 2.89 bits per heavy atom. The molecule has 0 atom stereocenters. The zero-order chi connectivity index (χ0) is 19.1. The van der Waals surface area contributed by atoms with Crippen molar-refractivity contribution in [2.45, 2.75) is 0 Å². The molecule has 0 aliphatic carbocycles. The second kappa shape index (κ2) is 9.55. The molecule has 3 rings (SSSR count). The monoisotopic (exact) mass is 390 g/mol. The number of aromatic nitrogens is 1. The number of morpholine rings is 1. The topological polar surface area (TPSA) is 75.7 Å². The third-order valence-corrected chi connectivity index (χ3v) is 4.49. The molecule has 1 aliphatic rings. The molecule has 0 radical (unpaired) electrons. The zero-order valence-electron chi connectivity index (χ0n) is 15.2. The van der Waals surface area contributed by atoms with Gasteiger partial charge in [-0.25, -0.2) is 0 Å². The average Bonchev–Trinajstić information content (AvgIpc) is 2.69. The number of halogens is 1. The van der Waals surface area contributed by atoms with Gasteiger partial charge in [0.05, 0.1) is 26.0 Å². The molecule has 1 saturated heterocycles. The summed E-state index contributed by atoms with van der Waals surface area (Å²) in [6.07, 6.45) is 1.59. The van der Waals surface area contributed by atoms with Crippen molar-refractivity contribution in [1.82, 2.24) is 15.2 Å². The molecular weight excluding hydrogens is 368 g/mol. The molecule has 8 heteroatoms. The number of nitrogens with one attached hydrogen (secondary N) is 2. The number of hydrogen-bond donors (Lipinski definition) is 2. The van der Waals surface area contributed by atoms with Gasteiger partial charge in [-0.2, -0.15) is 0 Å². The van der Waals surface area contributed by atoms with Gasteiger partial charge in [0.25, 0.3) is 5.91 Å². The summed E-state index contributed by atoms with van der Waals surface area (Å²) in [6.45, 7) is 4.66. The van der Waals surface area contributed by atoms with E-state index in [1.807, 2.05) is 0 Å². The molecule has 2 aromatic rings. The van der Waals surface area contributed by atoms with Gasteiger partial charge in [-0.3, -0.25) is 14.7 Å². The molecule has 7 nitrogen and oxygen atoms in total. The number of nitrogens with zero attached hydrogens (tertiary/aromatic N) is 2. The van der Waals surface area contributed by atoms with Crippen molar-refractivity contribution in [3.8, 4) is 5.75 Å². The minimum absolute atomic E-state index is 0.204. The highest BCUT2D eigenvalue weighted by atomic mass is 35.5. The van der Waals surface area contributed by atoms with E-state index >= 15 is 0 Å². The fourth-order valence-electron chi connectivity index (χ4n) is 2.81. The molecule has 0 saturated carbocycles. The van der Waals surface area contributed by atoms with Gasteiger partial charge in [0.1, 0.15) is 11.4 Å². The molecule has 1 fully saturated rings. The fourth-order valence-corrected chi connectivity index (χ4v) is 2.98. The predicted octanol–water partition coefficient (Wildman–Crippen LogP) is 2.55. The van der Waals surface area contributed by atoms with Gasteiger partial charge in [-0.15, -0.1) is 0 Å². The molecule has 1 aromatic heterocycles. The Balaban J connectivity index is 1.59. The smallest absolute Gasteiger partial charge is 0.269 e. The van der Waals surface area contributed by atoms with Crippen LogP contribution in [0.5, 0.6) is 5.75 Å². The van der Waals surface area contributed by atoms with Crippen LogP contribution in [0.2, 0.25) is 5.02 Å². The van der Waals surface area contributed by atoms with Crippen LogP contribution in [0.25, 0.3) is 0 Å². The fraction of sp³-hybridized carbons (Fsp3) is 0.368. The van der Waals surface area contributed by atoms with Crippen molar-refractivity contribution >= 4 is 28.9 Å². The molecule has 27 heavy (non-hydrogen) atoms. The second-order valence-electron chi connectivity index (χ2n) is 6.11. The Morgan fingerprint density at radius 1 is 1.30 bits per heavy atom. The van der Waals surface area contributed by atoms with E-state index in [0.717, 1.165) is 44.2 Å². The number of carbonyl (C=O) groups is 1. The summed E-state index contributed by atoms with van der Waals surface area (Å²) in [5, 5.41) is 6.72. The van der Waals surface area contributed by atoms with Crippen molar-refractivity contribution < 1.29 is 14.3 Å². The van der Waals surface area contributed by atoms with E-state index in [-0.39, 0.29) is 5.91 Å². The largest absolute Gasteiger partial charge is 0.495 e. The van der Waals surface area contributed by atoms with Crippen LogP contribution in [-0.2, 0) is 4.74 Å². The van der Waals surface area contributed by atoms with Crippen molar-refractivity contribution in [3.63, 3.8) is 0 Å². The van der Waals surface area contributed by atoms with E-state index < -0.39 is 0 Å². The van der Waals surface area contributed by atoms with Crippen LogP contribution in [-0.4, -0.2) is 62.3 Å². The molecule has 0 unspecified atom stereocenters. The molecule has 1 aliphatic heterocycles. The quantitative estimate of drug-likeness (QED) is 0.756. The van der Waals surface area contributed by atoms with Gasteiger partial charge in [0.15, 0.2) is 0 Å². The highest BCUT2D eigenvalue weighted by molar-refractivity contribution is 6.31. The van der Waals surface area contributed by atoms with Crippen molar-refractivity contribution in [1.29, 1.82) is 0 Å². The number of rotatable bonds is 7. The SMILES string of the molecule is COc1ccc(Cl)cc1Nc1ccnc(C(=O)NCCN2CCOCC2)c1. The van der Waals surface area contributed by atoms with Gasteiger partial charge in [-0.1, -0.05) is 11.6 Å². The summed E-state index contributed by atoms with van der Waals surface area (Å²) in [7, 11) is 1.59. The summed E-state index contributed by atoms with van der Waals surface area (Å²) in [5.74, 6) is 0.456. The summed E-state index contributed by atoms with van der Waals surface area (Å²) in [6, 6.07) is 8.79. The third kappa shape index (κ3) is 5.56. The number of amides is 1. The predicted molar refractivity (Wildman–Crippen MR) is 105 cm³/mol. The Hall–Kier alpha value is -2.35. The first-order chi connectivity index (χ1) is 13.2. The number of benzene rings is 1. The van der Waals surface area contributed by atoms with Gasteiger partial charge < -0.3 is 20.1 Å². The summed E-state index contributed by atoms with van der Waals surface area (Å²) < 4.78 is 10.7. The molecule has 144 valence electrons. The maximum atomic E-state index is 12.4. The van der Waals surface area contributed by atoms with E-state index in [2.05, 4.69) is 20.5 Å². The maximum absolute atomic E-state index is 12.4. The van der Waals surface area contributed by atoms with Crippen LogP contribution in [0, 0.1) is 0 Å². The Labute approximate surface area is 163 Å². The lowest BCUT2D eigenvalue weighted by Gasteiger charge is -2.26. The van der Waals surface area contributed by atoms with Crippen LogP contribution in [0.4, 0.5) is 11.4 Å². The number of hydrogen-bond acceptors (Lipinski definition) is 6. The van der Waals surface area contributed by atoms with Gasteiger partial charge in [0.2, 0.25) is 0 Å². The molecular formula is C19H23ClN4O3. The lowest BCUT2D eigenvalue weighted by Crippen LogP contribution is -2.41. The van der Waals surface area contributed by atoms with Crippen molar-refractivity contribution in [3.05, 3.63) is 47.2 Å². The number of carbonyl (C=O) groups excluding carboxylic acids is 1. The normalized spacial score (nSPS) is 14.6. The molecule has 2 N–H and O–H groups in total. The lowest BCUT2D eigenvalue weighted by atomic mass is 10.2. The minimum Gasteiger partial charge on any atom is -0.495 e. The van der Waals surface area contributed by atoms with E-state index in [1.165, 1.54) is 0 Å². The van der Waals surface area contributed by atoms with E-state index in [0.29, 0.717) is 23.0 Å². The van der Waals surface area contributed by atoms with Crippen LogP contribution in [0.1, 0.15) is 10.5 Å². The van der Waals surface area contributed by atoms with Crippen molar-refractivity contribution in [2.75, 3.05) is 51.8 Å². The lowest BCUT2D eigenvalue weighted by molar-refractivity contribution is 0.0383. The van der Waals surface area contributed by atoms with E-state index in [1.54, 1.807) is 43.6 Å². The Kier molecular flexibility index (Phi) is 6.86.